The summed E-state index contributed by atoms with van der Waals surface area (Å²) in [6.45, 7) is 9.69. The lowest BCUT2D eigenvalue weighted by atomic mass is 9.98. The second-order valence-electron chi connectivity index (χ2n) is 8.62. The first-order chi connectivity index (χ1) is 15.7. The number of ketones is 1. The van der Waals surface area contributed by atoms with E-state index >= 15 is 0 Å². The van der Waals surface area contributed by atoms with Gasteiger partial charge in [0.05, 0.1) is 11.7 Å². The number of benzene rings is 2. The highest BCUT2D eigenvalue weighted by Crippen LogP contribution is 2.44. The highest BCUT2D eigenvalue weighted by molar-refractivity contribution is 7.10. The average Bonchev–Trinajstić information content (AvgIpc) is 3.36. The summed E-state index contributed by atoms with van der Waals surface area (Å²) < 4.78 is 5.80. The number of anilines is 1. The van der Waals surface area contributed by atoms with Crippen molar-refractivity contribution in [3.8, 4) is 5.75 Å². The van der Waals surface area contributed by atoms with E-state index in [0.29, 0.717) is 17.0 Å². The third kappa shape index (κ3) is 4.18. The highest BCUT2D eigenvalue weighted by Gasteiger charge is 2.47. The summed E-state index contributed by atoms with van der Waals surface area (Å²) in [4.78, 5) is 28.8. The topological polar surface area (TPSA) is 66.8 Å². The van der Waals surface area contributed by atoms with E-state index in [-0.39, 0.29) is 17.4 Å². The summed E-state index contributed by atoms with van der Waals surface area (Å²) in [5, 5.41) is 13.2. The fourth-order valence-corrected chi connectivity index (χ4v) is 5.03. The van der Waals surface area contributed by atoms with Gasteiger partial charge in [-0.05, 0) is 81.5 Å². The molecule has 2 heterocycles. The van der Waals surface area contributed by atoms with Gasteiger partial charge in [0, 0.05) is 16.1 Å². The van der Waals surface area contributed by atoms with Crippen LogP contribution in [0.1, 0.15) is 47.0 Å². The van der Waals surface area contributed by atoms with Crippen molar-refractivity contribution in [3.63, 3.8) is 0 Å². The number of carbonyl (C=O) groups excluding carboxylic acids is 2. The smallest absolute Gasteiger partial charge is 0.300 e. The SMILES string of the molecule is Cc1ccc(N2C(=O)C(=O)/C(=C(\O)c3ccc(OC(C)C)c(C)c3)C2c2cccs2)c(C)c1. The molecule has 1 aliphatic rings. The van der Waals surface area contributed by atoms with Crippen molar-refractivity contribution in [2.75, 3.05) is 4.90 Å². The van der Waals surface area contributed by atoms with Crippen molar-refractivity contribution in [3.05, 3.63) is 86.6 Å². The zero-order chi connectivity index (χ0) is 23.9. The van der Waals surface area contributed by atoms with Crippen molar-refractivity contribution in [2.45, 2.75) is 46.8 Å². The lowest BCUT2D eigenvalue weighted by Crippen LogP contribution is -2.29. The fourth-order valence-electron chi connectivity index (χ4n) is 4.21. The molecule has 1 atom stereocenters. The zero-order valence-electron chi connectivity index (χ0n) is 19.4. The van der Waals surface area contributed by atoms with Crippen LogP contribution in [-0.2, 0) is 9.59 Å². The molecule has 4 rings (SSSR count). The van der Waals surface area contributed by atoms with Crippen LogP contribution in [0.15, 0.2) is 59.5 Å². The van der Waals surface area contributed by atoms with E-state index in [1.165, 1.54) is 16.2 Å². The van der Waals surface area contributed by atoms with Crippen molar-refractivity contribution in [2.24, 2.45) is 0 Å². The number of aliphatic hydroxyl groups is 1. The van der Waals surface area contributed by atoms with E-state index in [1.807, 2.05) is 70.3 Å². The van der Waals surface area contributed by atoms with Crippen molar-refractivity contribution < 1.29 is 19.4 Å². The Morgan fingerprint density at radius 2 is 1.79 bits per heavy atom. The quantitative estimate of drug-likeness (QED) is 0.284. The van der Waals surface area contributed by atoms with Crippen LogP contribution in [0.4, 0.5) is 5.69 Å². The molecule has 1 unspecified atom stereocenters. The summed E-state index contributed by atoms with van der Waals surface area (Å²) in [5.41, 5.74) is 4.04. The van der Waals surface area contributed by atoms with Gasteiger partial charge in [-0.15, -0.1) is 11.3 Å². The molecule has 1 N–H and O–H groups in total. The molecule has 0 spiro atoms. The van der Waals surface area contributed by atoms with E-state index in [1.54, 1.807) is 18.2 Å². The van der Waals surface area contributed by atoms with Crippen LogP contribution in [-0.4, -0.2) is 22.9 Å². The van der Waals surface area contributed by atoms with Crippen LogP contribution < -0.4 is 9.64 Å². The summed E-state index contributed by atoms with van der Waals surface area (Å²) in [5.74, 6) is -0.797. The largest absolute Gasteiger partial charge is 0.507 e. The lowest BCUT2D eigenvalue weighted by molar-refractivity contribution is -0.132. The van der Waals surface area contributed by atoms with Gasteiger partial charge in [0.2, 0.25) is 0 Å². The number of aliphatic hydroxyl groups excluding tert-OH is 1. The summed E-state index contributed by atoms with van der Waals surface area (Å²) in [7, 11) is 0. The van der Waals surface area contributed by atoms with E-state index in [9.17, 15) is 14.7 Å². The molecule has 0 radical (unpaired) electrons. The van der Waals surface area contributed by atoms with Crippen LogP contribution >= 0.6 is 11.3 Å². The number of thiophene rings is 1. The second kappa shape index (κ2) is 8.87. The van der Waals surface area contributed by atoms with Gasteiger partial charge in [0.15, 0.2) is 0 Å². The standard InChI is InChI=1S/C27H27NO4S/c1-15(2)32-21-11-9-19(14-18(21)5)25(29)23-24(22-7-6-12-33-22)28(27(31)26(23)30)20-10-8-16(3)13-17(20)4/h6-15,24,29H,1-5H3/b25-23-. The Hall–Kier alpha value is -3.38. The molecule has 0 aliphatic carbocycles. The number of ether oxygens (including phenoxy) is 1. The van der Waals surface area contributed by atoms with Gasteiger partial charge in [-0.3, -0.25) is 14.5 Å². The molecule has 5 nitrogen and oxygen atoms in total. The second-order valence-corrected chi connectivity index (χ2v) is 9.60. The summed E-state index contributed by atoms with van der Waals surface area (Å²) in [6, 6.07) is 14.1. The molecule has 1 fully saturated rings. The molecular formula is C27H27NO4S. The normalized spacial score (nSPS) is 17.8. The fraction of sp³-hybridized carbons (Fsp3) is 0.259. The Kier molecular flexibility index (Phi) is 6.13. The number of aryl methyl sites for hydroxylation is 3. The number of Topliss-reactive ketones (excluding diaryl/α,β-unsaturated/α-hetero) is 1. The number of carbonyl (C=O) groups is 2. The maximum Gasteiger partial charge on any atom is 0.300 e. The maximum atomic E-state index is 13.3. The summed E-state index contributed by atoms with van der Waals surface area (Å²) >= 11 is 1.45. The third-order valence-electron chi connectivity index (χ3n) is 5.68. The molecule has 2 aromatic carbocycles. The minimum absolute atomic E-state index is 0.0186. The van der Waals surface area contributed by atoms with E-state index in [2.05, 4.69) is 0 Å². The van der Waals surface area contributed by atoms with Crippen molar-refractivity contribution in [1.29, 1.82) is 0 Å². The van der Waals surface area contributed by atoms with Crippen molar-refractivity contribution in [1.82, 2.24) is 0 Å². The molecule has 6 heteroatoms. The minimum Gasteiger partial charge on any atom is -0.507 e. The van der Waals surface area contributed by atoms with Gasteiger partial charge in [0.1, 0.15) is 17.6 Å². The number of hydrogen-bond acceptors (Lipinski definition) is 5. The van der Waals surface area contributed by atoms with Crippen molar-refractivity contribution >= 4 is 34.5 Å². The van der Waals surface area contributed by atoms with E-state index in [4.69, 9.17) is 4.74 Å². The molecule has 1 saturated heterocycles. The molecule has 0 bridgehead atoms. The Morgan fingerprint density at radius 3 is 2.39 bits per heavy atom. The minimum atomic E-state index is -0.696. The first-order valence-electron chi connectivity index (χ1n) is 10.9. The Morgan fingerprint density at radius 1 is 1.03 bits per heavy atom. The predicted octanol–water partition coefficient (Wildman–Crippen LogP) is 6.09. The number of rotatable bonds is 5. The number of nitrogens with zero attached hydrogens (tertiary/aromatic N) is 1. The molecule has 33 heavy (non-hydrogen) atoms. The van der Waals surface area contributed by atoms with Gasteiger partial charge in [0.25, 0.3) is 11.7 Å². The highest BCUT2D eigenvalue weighted by atomic mass is 32.1. The third-order valence-corrected chi connectivity index (χ3v) is 6.60. The number of amides is 1. The molecule has 1 aliphatic heterocycles. The Bertz CT molecular complexity index is 1260. The first kappa shape index (κ1) is 22.8. The van der Waals surface area contributed by atoms with Gasteiger partial charge < -0.3 is 9.84 Å². The summed E-state index contributed by atoms with van der Waals surface area (Å²) in [6.07, 6.45) is 0.0186. The lowest BCUT2D eigenvalue weighted by Gasteiger charge is -2.26. The molecule has 1 aromatic heterocycles. The zero-order valence-corrected chi connectivity index (χ0v) is 20.2. The van der Waals surface area contributed by atoms with Crippen LogP contribution in [0.25, 0.3) is 5.76 Å². The molecular weight excluding hydrogens is 434 g/mol. The van der Waals surface area contributed by atoms with Gasteiger partial charge in [-0.2, -0.15) is 0 Å². The molecule has 3 aromatic rings. The van der Waals surface area contributed by atoms with E-state index < -0.39 is 17.7 Å². The monoisotopic (exact) mass is 461 g/mol. The van der Waals surface area contributed by atoms with Gasteiger partial charge in [-0.25, -0.2) is 0 Å². The van der Waals surface area contributed by atoms with Crippen LogP contribution in [0.5, 0.6) is 5.75 Å². The van der Waals surface area contributed by atoms with Gasteiger partial charge in [-0.1, -0.05) is 23.8 Å². The maximum absolute atomic E-state index is 13.3. The Labute approximate surface area is 197 Å². The number of hydrogen-bond donors (Lipinski definition) is 1. The van der Waals surface area contributed by atoms with Crippen LogP contribution in [0.2, 0.25) is 0 Å². The average molecular weight is 462 g/mol. The van der Waals surface area contributed by atoms with Crippen LogP contribution in [0.3, 0.4) is 0 Å². The van der Waals surface area contributed by atoms with Crippen LogP contribution in [0, 0.1) is 20.8 Å². The first-order valence-corrected chi connectivity index (χ1v) is 11.8. The molecule has 170 valence electrons. The Balaban J connectivity index is 1.88. The molecule has 0 saturated carbocycles. The molecule has 1 amide bonds. The predicted molar refractivity (Wildman–Crippen MR) is 132 cm³/mol. The van der Waals surface area contributed by atoms with E-state index in [0.717, 1.165) is 21.6 Å². The van der Waals surface area contributed by atoms with Gasteiger partial charge >= 0.3 is 0 Å².